The summed E-state index contributed by atoms with van der Waals surface area (Å²) in [5, 5.41) is 17.3. The van der Waals surface area contributed by atoms with E-state index in [0.29, 0.717) is 0 Å². The lowest BCUT2D eigenvalue weighted by Crippen LogP contribution is -2.44. The summed E-state index contributed by atoms with van der Waals surface area (Å²) in [5.74, 6) is -2.10. The van der Waals surface area contributed by atoms with Crippen LogP contribution in [0.4, 0.5) is 0 Å². The zero-order valence-corrected chi connectivity index (χ0v) is 5.69. The molecule has 1 fully saturated rings. The Balaban J connectivity index is 2.66. The summed E-state index contributed by atoms with van der Waals surface area (Å²) in [4.78, 5) is 21.1. The topological polar surface area (TPSA) is 83.8 Å². The summed E-state index contributed by atoms with van der Waals surface area (Å²) < 4.78 is 4.61. The molecule has 2 N–H and O–H groups in total. The Morgan fingerprint density at radius 3 is 2.73 bits per heavy atom. The molecule has 0 spiro atoms. The monoisotopic (exact) mass is 160 g/mol. The van der Waals surface area contributed by atoms with Crippen molar-refractivity contribution >= 4 is 11.8 Å². The third-order valence-electron chi connectivity index (χ3n) is 1.49. The molecule has 0 amide bonds. The van der Waals surface area contributed by atoms with Crippen LogP contribution in [0.1, 0.15) is 6.42 Å². The number of carbonyl (C=O) groups is 2. The molecule has 0 aromatic rings. The van der Waals surface area contributed by atoms with Gasteiger partial charge in [0.15, 0.2) is 0 Å². The molecule has 1 rings (SSSR count). The first-order valence-electron chi connectivity index (χ1n) is 3.19. The highest BCUT2D eigenvalue weighted by molar-refractivity contribution is 6.03. The zero-order valence-electron chi connectivity index (χ0n) is 5.69. The van der Waals surface area contributed by atoms with Crippen LogP contribution < -0.4 is 0 Å². The van der Waals surface area contributed by atoms with Crippen molar-refractivity contribution < 1.29 is 24.5 Å². The van der Waals surface area contributed by atoms with Gasteiger partial charge in [-0.05, 0) is 0 Å². The van der Waals surface area contributed by atoms with Crippen molar-refractivity contribution in [1.82, 2.24) is 0 Å². The van der Waals surface area contributed by atoms with E-state index in [4.69, 9.17) is 10.2 Å². The molecule has 1 aliphatic heterocycles. The van der Waals surface area contributed by atoms with E-state index in [2.05, 4.69) is 4.74 Å². The van der Waals surface area contributed by atoms with E-state index in [1.165, 1.54) is 0 Å². The number of carbonyl (C=O) groups excluding carboxylic acids is 1. The molecule has 0 aromatic heterocycles. The van der Waals surface area contributed by atoms with Gasteiger partial charge in [0, 0.05) is 6.42 Å². The van der Waals surface area contributed by atoms with E-state index in [0.717, 1.165) is 0 Å². The molecule has 0 aliphatic carbocycles. The molecular weight excluding hydrogens is 152 g/mol. The van der Waals surface area contributed by atoms with Gasteiger partial charge in [-0.3, -0.25) is 4.79 Å². The van der Waals surface area contributed by atoms with E-state index in [9.17, 15) is 9.59 Å². The molecule has 0 radical (unpaired) electrons. The van der Waals surface area contributed by atoms with Gasteiger partial charge in [-0.25, -0.2) is 4.79 Å². The summed E-state index contributed by atoms with van der Waals surface area (Å²) >= 11 is 0. The predicted octanol–water partition coefficient (Wildman–Crippen LogP) is -1.21. The predicted molar refractivity (Wildman–Crippen MR) is 33.0 cm³/mol. The first-order chi connectivity index (χ1) is 5.13. The smallest absolute Gasteiger partial charge is 0.340 e. The minimum absolute atomic E-state index is 0.115. The van der Waals surface area contributed by atoms with Gasteiger partial charge in [-0.15, -0.1) is 0 Å². The molecule has 5 nitrogen and oxygen atoms in total. The van der Waals surface area contributed by atoms with Gasteiger partial charge >= 0.3 is 5.97 Å². The molecule has 0 bridgehead atoms. The van der Waals surface area contributed by atoms with Crippen molar-refractivity contribution in [2.45, 2.75) is 18.6 Å². The second-order valence-electron chi connectivity index (χ2n) is 2.30. The molecule has 2 atom stereocenters. The number of hydrogen-bond acceptors (Lipinski definition) is 4. The Kier molecular flexibility index (Phi) is 2.21. The first-order valence-corrected chi connectivity index (χ1v) is 3.19. The zero-order chi connectivity index (χ0) is 8.43. The Bertz CT molecular complexity index is 187. The maximum absolute atomic E-state index is 10.8. The second-order valence-corrected chi connectivity index (χ2v) is 2.30. The van der Waals surface area contributed by atoms with E-state index in [1.54, 1.807) is 0 Å². The summed E-state index contributed by atoms with van der Waals surface area (Å²) in [6.07, 6.45) is -2.47. The SMILES string of the molecule is O=C(O)C1OCCC(O)C1=O. The number of carboxylic acids is 1. The van der Waals surface area contributed by atoms with Crippen LogP contribution in [0.5, 0.6) is 0 Å². The van der Waals surface area contributed by atoms with Crippen LogP contribution in [0.25, 0.3) is 0 Å². The summed E-state index contributed by atoms with van der Waals surface area (Å²) in [6, 6.07) is 0. The number of ether oxygens (including phenoxy) is 1. The largest absolute Gasteiger partial charge is 0.479 e. The fourth-order valence-corrected chi connectivity index (χ4v) is 0.890. The highest BCUT2D eigenvalue weighted by atomic mass is 16.5. The number of aliphatic hydroxyl groups is 1. The maximum Gasteiger partial charge on any atom is 0.340 e. The van der Waals surface area contributed by atoms with E-state index in [1.807, 2.05) is 0 Å². The fraction of sp³-hybridized carbons (Fsp3) is 0.667. The molecule has 1 aliphatic rings. The van der Waals surface area contributed by atoms with Crippen LogP contribution in [0.2, 0.25) is 0 Å². The Labute approximate surface area is 62.6 Å². The van der Waals surface area contributed by atoms with Gasteiger partial charge in [0.1, 0.15) is 6.10 Å². The van der Waals surface area contributed by atoms with Crippen molar-refractivity contribution in [3.05, 3.63) is 0 Å². The summed E-state index contributed by atoms with van der Waals surface area (Å²) in [6.45, 7) is 0.115. The molecule has 1 heterocycles. The van der Waals surface area contributed by atoms with Crippen molar-refractivity contribution in [3.63, 3.8) is 0 Å². The normalized spacial score (nSPS) is 31.9. The molecule has 2 unspecified atom stereocenters. The van der Waals surface area contributed by atoms with Crippen LogP contribution in [-0.4, -0.2) is 40.8 Å². The minimum Gasteiger partial charge on any atom is -0.479 e. The Hall–Kier alpha value is -0.940. The van der Waals surface area contributed by atoms with Crippen molar-refractivity contribution in [2.24, 2.45) is 0 Å². The lowest BCUT2D eigenvalue weighted by molar-refractivity contribution is -0.166. The number of aliphatic carboxylic acids is 1. The third kappa shape index (κ3) is 1.55. The van der Waals surface area contributed by atoms with Gasteiger partial charge in [0.2, 0.25) is 11.9 Å². The minimum atomic E-state index is -1.47. The summed E-state index contributed by atoms with van der Waals surface area (Å²) in [7, 11) is 0. The van der Waals surface area contributed by atoms with Crippen molar-refractivity contribution in [1.29, 1.82) is 0 Å². The van der Waals surface area contributed by atoms with E-state index < -0.39 is 24.0 Å². The highest BCUT2D eigenvalue weighted by Gasteiger charge is 2.35. The van der Waals surface area contributed by atoms with Crippen LogP contribution in [-0.2, 0) is 14.3 Å². The number of rotatable bonds is 1. The molecular formula is C6H8O5. The Morgan fingerprint density at radius 2 is 2.27 bits per heavy atom. The first kappa shape index (κ1) is 8.16. The van der Waals surface area contributed by atoms with Gasteiger partial charge in [0.25, 0.3) is 0 Å². The van der Waals surface area contributed by atoms with Gasteiger partial charge in [-0.2, -0.15) is 0 Å². The van der Waals surface area contributed by atoms with Gasteiger partial charge in [0.05, 0.1) is 6.61 Å². The number of carboxylic acid groups (broad SMARTS) is 1. The number of Topliss-reactive ketones (excluding diaryl/α,β-unsaturated/α-hetero) is 1. The average molecular weight is 160 g/mol. The number of ketones is 1. The van der Waals surface area contributed by atoms with Crippen molar-refractivity contribution in [3.8, 4) is 0 Å². The van der Waals surface area contributed by atoms with Gasteiger partial charge < -0.3 is 14.9 Å². The van der Waals surface area contributed by atoms with Crippen LogP contribution in [0.15, 0.2) is 0 Å². The fourth-order valence-electron chi connectivity index (χ4n) is 0.890. The van der Waals surface area contributed by atoms with Crippen molar-refractivity contribution in [2.75, 3.05) is 6.61 Å². The van der Waals surface area contributed by atoms with E-state index >= 15 is 0 Å². The molecule has 1 saturated heterocycles. The lowest BCUT2D eigenvalue weighted by atomic mass is 10.1. The average Bonchev–Trinajstić information content (AvgIpc) is 1.94. The number of hydrogen-bond donors (Lipinski definition) is 2. The summed E-state index contributed by atoms with van der Waals surface area (Å²) in [5.41, 5.74) is 0. The van der Waals surface area contributed by atoms with E-state index in [-0.39, 0.29) is 13.0 Å². The second kappa shape index (κ2) is 2.98. The number of aliphatic hydroxyl groups excluding tert-OH is 1. The van der Waals surface area contributed by atoms with Crippen LogP contribution in [0, 0.1) is 0 Å². The molecule has 5 heteroatoms. The third-order valence-corrected chi connectivity index (χ3v) is 1.49. The van der Waals surface area contributed by atoms with Crippen LogP contribution >= 0.6 is 0 Å². The standard InChI is InChI=1S/C6H8O5/c7-3-1-2-11-5(4(3)8)6(9)10/h3,5,7H,1-2H2,(H,9,10). The van der Waals surface area contributed by atoms with Gasteiger partial charge in [-0.1, -0.05) is 0 Å². The lowest BCUT2D eigenvalue weighted by Gasteiger charge is -2.21. The maximum atomic E-state index is 10.8. The molecule has 0 saturated carbocycles. The van der Waals surface area contributed by atoms with Crippen LogP contribution in [0.3, 0.4) is 0 Å². The molecule has 62 valence electrons. The molecule has 11 heavy (non-hydrogen) atoms. The highest BCUT2D eigenvalue weighted by Crippen LogP contribution is 2.09. The quantitative estimate of drug-likeness (QED) is 0.470. The Morgan fingerprint density at radius 1 is 1.64 bits per heavy atom. The molecule has 0 aromatic carbocycles.